The maximum Gasteiger partial charge on any atom is 0.104 e. The van der Waals surface area contributed by atoms with Crippen LogP contribution in [0.5, 0.6) is 0 Å². The number of nitrogens with two attached hydrogens (primary N) is 1. The monoisotopic (exact) mass is 204 g/mol. The van der Waals surface area contributed by atoms with Gasteiger partial charge >= 0.3 is 0 Å². The van der Waals surface area contributed by atoms with Crippen LogP contribution in [0, 0.1) is 6.92 Å². The van der Waals surface area contributed by atoms with Gasteiger partial charge in [0.1, 0.15) is 5.82 Å². The molecule has 0 aliphatic carbocycles. The number of H-pyrrole nitrogens is 1. The van der Waals surface area contributed by atoms with E-state index in [1.54, 1.807) is 0 Å². The van der Waals surface area contributed by atoms with E-state index in [-0.39, 0.29) is 6.04 Å². The van der Waals surface area contributed by atoms with E-state index in [4.69, 9.17) is 5.73 Å². The summed E-state index contributed by atoms with van der Waals surface area (Å²) in [5, 5.41) is 3.32. The maximum absolute atomic E-state index is 5.55. The zero-order valence-corrected chi connectivity index (χ0v) is 9.04. The molecule has 0 bridgehead atoms. The van der Waals surface area contributed by atoms with Crippen molar-refractivity contribution in [1.82, 2.24) is 9.97 Å². The van der Waals surface area contributed by atoms with E-state index in [2.05, 4.69) is 28.3 Å². The number of nitrogens with zero attached hydrogens (tertiary/aromatic N) is 1. The Morgan fingerprint density at radius 2 is 2.33 bits per heavy atom. The number of rotatable bonds is 3. The molecule has 15 heavy (non-hydrogen) atoms. The Labute approximate surface area is 88.9 Å². The van der Waals surface area contributed by atoms with Gasteiger partial charge in [-0.3, -0.25) is 0 Å². The Kier molecular flexibility index (Phi) is 2.60. The van der Waals surface area contributed by atoms with Crippen LogP contribution in [-0.2, 0) is 0 Å². The van der Waals surface area contributed by atoms with Gasteiger partial charge in [0.2, 0.25) is 0 Å². The lowest BCUT2D eigenvalue weighted by Crippen LogP contribution is -2.25. The first-order chi connectivity index (χ1) is 7.19. The fourth-order valence-corrected chi connectivity index (χ4v) is 1.57. The summed E-state index contributed by atoms with van der Waals surface area (Å²) >= 11 is 0. The fraction of sp³-hybridized carbons (Fsp3) is 0.364. The minimum atomic E-state index is 0.284. The minimum Gasteiger partial charge on any atom is -0.381 e. The molecule has 4 N–H and O–H groups in total. The second-order valence-corrected chi connectivity index (χ2v) is 3.84. The molecule has 1 aromatic carbocycles. The Morgan fingerprint density at radius 3 is 3.07 bits per heavy atom. The van der Waals surface area contributed by atoms with Gasteiger partial charge in [0.25, 0.3) is 0 Å². The summed E-state index contributed by atoms with van der Waals surface area (Å²) in [4.78, 5) is 7.55. The molecule has 0 amide bonds. The average molecular weight is 204 g/mol. The van der Waals surface area contributed by atoms with Gasteiger partial charge in [0.15, 0.2) is 0 Å². The van der Waals surface area contributed by atoms with Crippen molar-refractivity contribution in [3.8, 4) is 0 Å². The van der Waals surface area contributed by atoms with E-state index >= 15 is 0 Å². The van der Waals surface area contributed by atoms with E-state index in [1.165, 1.54) is 0 Å². The van der Waals surface area contributed by atoms with Crippen molar-refractivity contribution in [1.29, 1.82) is 0 Å². The molecule has 0 spiro atoms. The van der Waals surface area contributed by atoms with Crippen molar-refractivity contribution in [2.24, 2.45) is 5.73 Å². The highest BCUT2D eigenvalue weighted by molar-refractivity contribution is 5.79. The van der Waals surface area contributed by atoms with Crippen molar-refractivity contribution in [2.75, 3.05) is 11.9 Å². The third kappa shape index (κ3) is 2.10. The Morgan fingerprint density at radius 1 is 1.53 bits per heavy atom. The topological polar surface area (TPSA) is 66.7 Å². The molecule has 4 nitrogen and oxygen atoms in total. The van der Waals surface area contributed by atoms with Gasteiger partial charge in [-0.2, -0.15) is 0 Å². The first-order valence-electron chi connectivity index (χ1n) is 5.12. The summed E-state index contributed by atoms with van der Waals surface area (Å²) in [6, 6.07) is 6.37. The highest BCUT2D eigenvalue weighted by Gasteiger charge is 2.02. The highest BCUT2D eigenvalue weighted by Crippen LogP contribution is 2.17. The number of aromatic amines is 1. The van der Waals surface area contributed by atoms with Gasteiger partial charge in [-0.15, -0.1) is 0 Å². The molecule has 1 atom stereocenters. The first kappa shape index (κ1) is 9.98. The van der Waals surface area contributed by atoms with Gasteiger partial charge < -0.3 is 16.0 Å². The number of benzene rings is 1. The van der Waals surface area contributed by atoms with E-state index in [0.717, 1.165) is 22.5 Å². The molecule has 80 valence electrons. The number of imidazole rings is 1. The highest BCUT2D eigenvalue weighted by atomic mass is 14.9. The van der Waals surface area contributed by atoms with E-state index in [0.29, 0.717) is 6.54 Å². The number of hydrogen-bond donors (Lipinski definition) is 3. The molecule has 0 aliphatic rings. The van der Waals surface area contributed by atoms with E-state index < -0.39 is 0 Å². The van der Waals surface area contributed by atoms with Crippen LogP contribution < -0.4 is 11.1 Å². The Hall–Kier alpha value is -1.55. The van der Waals surface area contributed by atoms with Crippen molar-refractivity contribution in [2.45, 2.75) is 19.9 Å². The predicted octanol–water partition coefficient (Wildman–Crippen LogP) is 1.63. The standard InChI is InChI=1S/C11H16N4/c1-7(6-12)13-9-3-4-10-11(5-9)15-8(2)14-10/h3-5,7,13H,6,12H2,1-2H3,(H,14,15). The SMILES string of the molecule is Cc1nc2ccc(NC(C)CN)cc2[nH]1. The molecule has 4 heteroatoms. The largest absolute Gasteiger partial charge is 0.381 e. The third-order valence-corrected chi connectivity index (χ3v) is 2.37. The second-order valence-electron chi connectivity index (χ2n) is 3.84. The lowest BCUT2D eigenvalue weighted by Gasteiger charge is -2.12. The normalized spacial score (nSPS) is 13.0. The molecule has 1 unspecified atom stereocenters. The number of anilines is 1. The number of aryl methyl sites for hydroxylation is 1. The van der Waals surface area contributed by atoms with Crippen LogP contribution in [0.15, 0.2) is 18.2 Å². The van der Waals surface area contributed by atoms with E-state index in [9.17, 15) is 0 Å². The Balaban J connectivity index is 2.30. The summed E-state index contributed by atoms with van der Waals surface area (Å²) in [5.74, 6) is 0.939. The molecular formula is C11H16N4. The average Bonchev–Trinajstić information content (AvgIpc) is 2.57. The van der Waals surface area contributed by atoms with Crippen molar-refractivity contribution >= 4 is 16.7 Å². The van der Waals surface area contributed by atoms with Crippen LogP contribution in [-0.4, -0.2) is 22.6 Å². The third-order valence-electron chi connectivity index (χ3n) is 2.37. The summed E-state index contributed by atoms with van der Waals surface area (Å²) in [5.41, 5.74) is 8.68. The van der Waals surface area contributed by atoms with Gasteiger partial charge in [0, 0.05) is 18.3 Å². The Bertz CT molecular complexity index is 461. The lowest BCUT2D eigenvalue weighted by atomic mass is 10.2. The second kappa shape index (κ2) is 3.90. The molecule has 2 aromatic rings. The molecule has 2 rings (SSSR count). The molecule has 0 fully saturated rings. The zero-order valence-electron chi connectivity index (χ0n) is 9.04. The smallest absolute Gasteiger partial charge is 0.104 e. The zero-order chi connectivity index (χ0) is 10.8. The molecular weight excluding hydrogens is 188 g/mol. The predicted molar refractivity (Wildman–Crippen MR) is 63.0 cm³/mol. The minimum absolute atomic E-state index is 0.284. The molecule has 1 heterocycles. The molecule has 0 saturated heterocycles. The van der Waals surface area contributed by atoms with Gasteiger partial charge in [-0.25, -0.2) is 4.98 Å². The number of fused-ring (bicyclic) bond motifs is 1. The summed E-state index contributed by atoms with van der Waals surface area (Å²) in [6.45, 7) is 4.64. The number of hydrogen-bond acceptors (Lipinski definition) is 3. The van der Waals surface area contributed by atoms with Gasteiger partial charge in [-0.05, 0) is 32.0 Å². The summed E-state index contributed by atoms with van der Waals surface area (Å²) < 4.78 is 0. The van der Waals surface area contributed by atoms with Crippen LogP contribution in [0.1, 0.15) is 12.7 Å². The van der Waals surface area contributed by atoms with Crippen molar-refractivity contribution in [3.05, 3.63) is 24.0 Å². The fourth-order valence-electron chi connectivity index (χ4n) is 1.57. The van der Waals surface area contributed by atoms with Crippen LogP contribution in [0.2, 0.25) is 0 Å². The van der Waals surface area contributed by atoms with E-state index in [1.807, 2.05) is 19.1 Å². The summed E-state index contributed by atoms with van der Waals surface area (Å²) in [7, 11) is 0. The summed E-state index contributed by atoms with van der Waals surface area (Å²) in [6.07, 6.45) is 0. The van der Waals surface area contributed by atoms with Crippen LogP contribution in [0.3, 0.4) is 0 Å². The quantitative estimate of drug-likeness (QED) is 0.712. The van der Waals surface area contributed by atoms with Gasteiger partial charge in [-0.1, -0.05) is 0 Å². The first-order valence-corrected chi connectivity index (χ1v) is 5.12. The number of aromatic nitrogens is 2. The van der Waals surface area contributed by atoms with Crippen molar-refractivity contribution < 1.29 is 0 Å². The molecule has 0 aliphatic heterocycles. The van der Waals surface area contributed by atoms with Crippen LogP contribution in [0.25, 0.3) is 11.0 Å². The number of nitrogens with one attached hydrogen (secondary N) is 2. The van der Waals surface area contributed by atoms with Gasteiger partial charge in [0.05, 0.1) is 11.0 Å². The van der Waals surface area contributed by atoms with Crippen LogP contribution >= 0.6 is 0 Å². The maximum atomic E-state index is 5.55. The van der Waals surface area contributed by atoms with Crippen molar-refractivity contribution in [3.63, 3.8) is 0 Å². The molecule has 1 aromatic heterocycles. The van der Waals surface area contributed by atoms with Crippen LogP contribution in [0.4, 0.5) is 5.69 Å². The molecule has 0 radical (unpaired) electrons. The lowest BCUT2D eigenvalue weighted by molar-refractivity contribution is 0.804. The molecule has 0 saturated carbocycles.